The summed E-state index contributed by atoms with van der Waals surface area (Å²) in [5.74, 6) is 0. The van der Waals surface area contributed by atoms with E-state index in [0.29, 0.717) is 19.0 Å². The van der Waals surface area contributed by atoms with Gasteiger partial charge in [0.05, 0.1) is 5.25 Å². The lowest BCUT2D eigenvalue weighted by Gasteiger charge is -2.28. The zero-order valence-corrected chi connectivity index (χ0v) is 10.5. The van der Waals surface area contributed by atoms with Gasteiger partial charge in [-0.1, -0.05) is 30.3 Å². The van der Waals surface area contributed by atoms with Gasteiger partial charge in [-0.15, -0.1) is 0 Å². The second kappa shape index (κ2) is 5.16. The first-order valence-electron chi connectivity index (χ1n) is 5.84. The van der Waals surface area contributed by atoms with Crippen molar-refractivity contribution in [2.75, 3.05) is 6.54 Å². The fourth-order valence-corrected chi connectivity index (χ4v) is 3.04. The Hall–Kier alpha value is -0.910. The summed E-state index contributed by atoms with van der Waals surface area (Å²) in [5.41, 5.74) is 1.28. The smallest absolute Gasteiger partial charge is 0.213 e. The number of rotatable bonds is 3. The molecule has 1 heterocycles. The minimum atomic E-state index is -3.38. The van der Waals surface area contributed by atoms with E-state index in [1.165, 1.54) is 5.56 Å². The summed E-state index contributed by atoms with van der Waals surface area (Å²) in [4.78, 5) is 0. The maximum absolute atomic E-state index is 11.2. The number of benzene rings is 1. The molecule has 1 fully saturated rings. The Morgan fingerprint density at radius 1 is 1.24 bits per heavy atom. The normalized spacial score (nSPS) is 25.7. The number of piperidine rings is 1. The van der Waals surface area contributed by atoms with Crippen molar-refractivity contribution in [3.63, 3.8) is 0 Å². The van der Waals surface area contributed by atoms with Gasteiger partial charge in [0.15, 0.2) is 0 Å². The molecule has 2 atom stereocenters. The fourth-order valence-electron chi connectivity index (χ4n) is 2.24. The summed E-state index contributed by atoms with van der Waals surface area (Å²) in [6.07, 6.45) is 2.46. The molecule has 17 heavy (non-hydrogen) atoms. The van der Waals surface area contributed by atoms with Crippen LogP contribution in [0.2, 0.25) is 0 Å². The molecular weight excluding hydrogens is 236 g/mol. The predicted molar refractivity (Wildman–Crippen MR) is 68.1 cm³/mol. The molecule has 0 spiro atoms. The van der Waals surface area contributed by atoms with E-state index < -0.39 is 15.3 Å². The van der Waals surface area contributed by atoms with Gasteiger partial charge in [-0.25, -0.2) is 13.6 Å². The van der Waals surface area contributed by atoms with Crippen LogP contribution in [0.4, 0.5) is 0 Å². The first-order valence-corrected chi connectivity index (χ1v) is 7.45. The SMILES string of the molecule is NS(=O)(=O)C1CCC(Cc2ccccc2)NC1. The van der Waals surface area contributed by atoms with Crippen molar-refractivity contribution in [2.24, 2.45) is 5.14 Å². The Bertz CT molecular complexity index is 451. The molecule has 1 aliphatic rings. The van der Waals surface area contributed by atoms with Gasteiger partial charge in [0.25, 0.3) is 0 Å². The average Bonchev–Trinajstić information content (AvgIpc) is 2.30. The van der Waals surface area contributed by atoms with E-state index in [1.54, 1.807) is 0 Å². The number of hydrogen-bond donors (Lipinski definition) is 2. The Morgan fingerprint density at radius 3 is 2.47 bits per heavy atom. The lowest BCUT2D eigenvalue weighted by atomic mass is 9.98. The van der Waals surface area contributed by atoms with Crippen LogP contribution < -0.4 is 10.5 Å². The third kappa shape index (κ3) is 3.52. The molecule has 94 valence electrons. The van der Waals surface area contributed by atoms with Crippen molar-refractivity contribution in [1.29, 1.82) is 0 Å². The van der Waals surface area contributed by atoms with Crippen molar-refractivity contribution in [3.05, 3.63) is 35.9 Å². The summed E-state index contributed by atoms with van der Waals surface area (Å²) < 4.78 is 22.4. The van der Waals surface area contributed by atoms with Crippen molar-refractivity contribution < 1.29 is 8.42 Å². The number of primary sulfonamides is 1. The summed E-state index contributed by atoms with van der Waals surface area (Å²) in [6, 6.07) is 10.6. The molecule has 1 saturated heterocycles. The molecule has 1 aromatic carbocycles. The molecule has 0 aliphatic carbocycles. The molecule has 0 bridgehead atoms. The van der Waals surface area contributed by atoms with Gasteiger partial charge >= 0.3 is 0 Å². The highest BCUT2D eigenvalue weighted by atomic mass is 32.2. The number of sulfonamides is 1. The van der Waals surface area contributed by atoms with E-state index in [2.05, 4.69) is 17.4 Å². The number of nitrogens with two attached hydrogens (primary N) is 1. The fraction of sp³-hybridized carbons (Fsp3) is 0.500. The van der Waals surface area contributed by atoms with Crippen molar-refractivity contribution in [2.45, 2.75) is 30.6 Å². The topological polar surface area (TPSA) is 72.2 Å². The van der Waals surface area contributed by atoms with Gasteiger partial charge in [0.1, 0.15) is 0 Å². The van der Waals surface area contributed by atoms with Crippen LogP contribution in [0.3, 0.4) is 0 Å². The lowest BCUT2D eigenvalue weighted by molar-refractivity contribution is 0.396. The zero-order valence-electron chi connectivity index (χ0n) is 9.67. The van der Waals surface area contributed by atoms with Gasteiger partial charge < -0.3 is 5.32 Å². The van der Waals surface area contributed by atoms with E-state index in [1.807, 2.05) is 18.2 Å². The van der Waals surface area contributed by atoms with Crippen LogP contribution in [0, 0.1) is 0 Å². The molecule has 3 N–H and O–H groups in total. The van der Waals surface area contributed by atoms with Gasteiger partial charge in [0, 0.05) is 12.6 Å². The molecule has 1 aromatic rings. The minimum absolute atomic E-state index is 0.357. The van der Waals surface area contributed by atoms with E-state index in [0.717, 1.165) is 12.8 Å². The summed E-state index contributed by atoms with van der Waals surface area (Å²) >= 11 is 0. The van der Waals surface area contributed by atoms with Gasteiger partial charge in [-0.05, 0) is 24.8 Å². The Labute approximate surface area is 102 Å². The predicted octanol–water partition coefficient (Wildman–Crippen LogP) is 0.638. The molecular formula is C12H18N2O2S. The molecule has 0 aromatic heterocycles. The second-order valence-corrected chi connectivity index (χ2v) is 6.43. The van der Waals surface area contributed by atoms with Crippen LogP contribution in [0.5, 0.6) is 0 Å². The van der Waals surface area contributed by atoms with Crippen LogP contribution in [0.15, 0.2) is 30.3 Å². The molecule has 5 heteroatoms. The van der Waals surface area contributed by atoms with Crippen molar-refractivity contribution in [1.82, 2.24) is 5.32 Å². The lowest BCUT2D eigenvalue weighted by Crippen LogP contribution is -2.47. The maximum atomic E-state index is 11.2. The monoisotopic (exact) mass is 254 g/mol. The van der Waals surface area contributed by atoms with Crippen molar-refractivity contribution >= 4 is 10.0 Å². The first-order chi connectivity index (χ1) is 8.05. The Kier molecular flexibility index (Phi) is 3.81. The highest BCUT2D eigenvalue weighted by molar-refractivity contribution is 7.89. The van der Waals surface area contributed by atoms with E-state index in [9.17, 15) is 8.42 Å². The standard InChI is InChI=1S/C12H18N2O2S/c13-17(15,16)12-7-6-11(14-9-12)8-10-4-2-1-3-5-10/h1-5,11-12,14H,6-9H2,(H2,13,15,16). The molecule has 2 rings (SSSR count). The van der Waals surface area contributed by atoms with Crippen LogP contribution in [0.25, 0.3) is 0 Å². The van der Waals surface area contributed by atoms with Crippen LogP contribution in [-0.2, 0) is 16.4 Å². The summed E-state index contributed by atoms with van der Waals surface area (Å²) in [6.45, 7) is 0.469. The molecule has 0 radical (unpaired) electrons. The van der Waals surface area contributed by atoms with Crippen LogP contribution >= 0.6 is 0 Å². The summed E-state index contributed by atoms with van der Waals surface area (Å²) in [5, 5.41) is 7.98. The quantitative estimate of drug-likeness (QED) is 0.831. The van der Waals surface area contributed by atoms with Crippen molar-refractivity contribution in [3.8, 4) is 0 Å². The number of nitrogens with one attached hydrogen (secondary N) is 1. The number of hydrogen-bond acceptors (Lipinski definition) is 3. The zero-order chi connectivity index (χ0) is 12.3. The second-order valence-electron chi connectivity index (χ2n) is 4.58. The average molecular weight is 254 g/mol. The first kappa shape index (κ1) is 12.5. The highest BCUT2D eigenvalue weighted by Crippen LogP contribution is 2.16. The largest absolute Gasteiger partial charge is 0.312 e. The molecule has 2 unspecified atom stereocenters. The maximum Gasteiger partial charge on any atom is 0.213 e. The molecule has 0 amide bonds. The molecule has 1 aliphatic heterocycles. The third-order valence-electron chi connectivity index (χ3n) is 3.26. The van der Waals surface area contributed by atoms with Crippen LogP contribution in [-0.4, -0.2) is 26.3 Å². The highest BCUT2D eigenvalue weighted by Gasteiger charge is 2.27. The Morgan fingerprint density at radius 2 is 1.94 bits per heavy atom. The third-order valence-corrected chi connectivity index (χ3v) is 4.59. The molecule has 0 saturated carbocycles. The van der Waals surface area contributed by atoms with E-state index in [4.69, 9.17) is 5.14 Å². The van der Waals surface area contributed by atoms with Gasteiger partial charge in [0.2, 0.25) is 10.0 Å². The Balaban J connectivity index is 1.88. The van der Waals surface area contributed by atoms with Gasteiger partial charge in [-0.2, -0.15) is 0 Å². The van der Waals surface area contributed by atoms with Crippen LogP contribution in [0.1, 0.15) is 18.4 Å². The van der Waals surface area contributed by atoms with E-state index >= 15 is 0 Å². The summed E-state index contributed by atoms with van der Waals surface area (Å²) in [7, 11) is -3.38. The van der Waals surface area contributed by atoms with E-state index in [-0.39, 0.29) is 0 Å². The molecule has 4 nitrogen and oxygen atoms in total. The minimum Gasteiger partial charge on any atom is -0.312 e. The van der Waals surface area contributed by atoms with Gasteiger partial charge in [-0.3, -0.25) is 0 Å².